The van der Waals surface area contributed by atoms with Crippen molar-refractivity contribution in [1.82, 2.24) is 4.98 Å². The summed E-state index contributed by atoms with van der Waals surface area (Å²) in [6.45, 7) is 4.12. The molecule has 2 rings (SSSR count). The minimum Gasteiger partial charge on any atom is -0.261 e. The van der Waals surface area contributed by atoms with E-state index < -0.39 is 0 Å². The number of aryl methyl sites for hydroxylation is 2. The highest BCUT2D eigenvalue weighted by Gasteiger charge is 1.93. The fourth-order valence-corrected chi connectivity index (χ4v) is 1.37. The maximum atomic E-state index is 9.50. The van der Waals surface area contributed by atoms with Gasteiger partial charge in [-0.3, -0.25) is 9.37 Å². The Hall–Kier alpha value is -1.44. The van der Waals surface area contributed by atoms with Crippen molar-refractivity contribution < 1.29 is 4.39 Å². The van der Waals surface area contributed by atoms with E-state index in [1.165, 1.54) is 16.3 Å². The number of alkyl halides is 1. The number of hydrogen-bond donors (Lipinski definition) is 0. The first-order valence-corrected chi connectivity index (χ1v) is 4.46. The Labute approximate surface area is 83.6 Å². The number of pyridine rings is 1. The van der Waals surface area contributed by atoms with E-state index in [0.717, 1.165) is 5.69 Å². The van der Waals surface area contributed by atoms with Crippen LogP contribution in [0.1, 0.15) is 11.3 Å². The molecule has 74 valence electrons. The molecule has 1 aromatic carbocycles. The zero-order valence-corrected chi connectivity index (χ0v) is 8.71. The monoisotopic (exact) mass is 191 g/mol. The minimum atomic E-state index is 0.500. The van der Waals surface area contributed by atoms with Gasteiger partial charge in [-0.15, -0.1) is 0 Å². The Bertz CT molecular complexity index is 387. The van der Waals surface area contributed by atoms with Crippen LogP contribution >= 0.6 is 0 Å². The Balaban J connectivity index is 0.000000461. The molecule has 0 amide bonds. The Morgan fingerprint density at radius 2 is 1.71 bits per heavy atom. The molecular formula is C12H14FN. The normalized spacial score (nSPS) is 9.43. The second kappa shape index (κ2) is 4.70. The van der Waals surface area contributed by atoms with Crippen molar-refractivity contribution in [2.75, 3.05) is 7.18 Å². The third kappa shape index (κ3) is 2.28. The molecule has 1 heterocycles. The average Bonchev–Trinajstić information content (AvgIpc) is 2.20. The summed E-state index contributed by atoms with van der Waals surface area (Å²) < 4.78 is 9.50. The molecule has 2 heteroatoms. The smallest absolute Gasteiger partial charge is 0.0785 e. The maximum absolute atomic E-state index is 9.50. The average molecular weight is 191 g/mol. The van der Waals surface area contributed by atoms with Crippen LogP contribution in [-0.4, -0.2) is 12.2 Å². The summed E-state index contributed by atoms with van der Waals surface area (Å²) in [6.07, 6.45) is 1.92. The molecule has 0 radical (unpaired) electrons. The quantitative estimate of drug-likeness (QED) is 0.621. The largest absolute Gasteiger partial charge is 0.261 e. The van der Waals surface area contributed by atoms with Gasteiger partial charge in [0.25, 0.3) is 0 Å². The van der Waals surface area contributed by atoms with Crippen LogP contribution < -0.4 is 0 Å². The summed E-state index contributed by atoms with van der Waals surface area (Å²) in [7, 11) is 0.500. The molecule has 1 nitrogen and oxygen atoms in total. The number of hydrogen-bond acceptors (Lipinski definition) is 1. The van der Waals surface area contributed by atoms with Gasteiger partial charge in [0.1, 0.15) is 0 Å². The maximum Gasteiger partial charge on any atom is 0.0785 e. The standard InChI is InChI=1S/C11H11N.CH3F/c1-8-3-4-10-7-12-9(2)6-11(10)5-8;1-2/h3-7H,1-2H3;1H3. The van der Waals surface area contributed by atoms with Gasteiger partial charge in [-0.2, -0.15) is 0 Å². The van der Waals surface area contributed by atoms with Crippen LogP contribution in [0.4, 0.5) is 4.39 Å². The van der Waals surface area contributed by atoms with Crippen molar-refractivity contribution in [3.05, 3.63) is 41.7 Å². The lowest BCUT2D eigenvalue weighted by molar-refractivity contribution is 0.636. The highest BCUT2D eigenvalue weighted by molar-refractivity contribution is 5.82. The number of rotatable bonds is 0. The Morgan fingerprint density at radius 1 is 1.00 bits per heavy atom. The van der Waals surface area contributed by atoms with Gasteiger partial charge in [0, 0.05) is 17.3 Å². The van der Waals surface area contributed by atoms with Crippen LogP contribution in [0.5, 0.6) is 0 Å². The van der Waals surface area contributed by atoms with Gasteiger partial charge in [0.15, 0.2) is 0 Å². The lowest BCUT2D eigenvalue weighted by Crippen LogP contribution is -1.81. The van der Waals surface area contributed by atoms with Gasteiger partial charge in [-0.25, -0.2) is 0 Å². The number of halogens is 1. The molecule has 0 saturated heterocycles. The fraction of sp³-hybridized carbons (Fsp3) is 0.250. The summed E-state index contributed by atoms with van der Waals surface area (Å²) in [4.78, 5) is 4.24. The van der Waals surface area contributed by atoms with Gasteiger partial charge in [-0.1, -0.05) is 23.8 Å². The molecule has 0 unspecified atom stereocenters. The zero-order valence-electron chi connectivity index (χ0n) is 8.71. The zero-order chi connectivity index (χ0) is 10.6. The first-order valence-electron chi connectivity index (χ1n) is 4.46. The Kier molecular flexibility index (Phi) is 3.57. The van der Waals surface area contributed by atoms with Crippen molar-refractivity contribution in [2.45, 2.75) is 13.8 Å². The first kappa shape index (κ1) is 10.6. The van der Waals surface area contributed by atoms with E-state index in [1.807, 2.05) is 13.1 Å². The highest BCUT2D eigenvalue weighted by atomic mass is 19.1. The third-order valence-electron chi connectivity index (χ3n) is 2.01. The van der Waals surface area contributed by atoms with Crippen LogP contribution in [-0.2, 0) is 0 Å². The summed E-state index contributed by atoms with van der Waals surface area (Å²) in [6, 6.07) is 8.52. The van der Waals surface area contributed by atoms with Gasteiger partial charge < -0.3 is 0 Å². The lowest BCUT2D eigenvalue weighted by atomic mass is 10.1. The van der Waals surface area contributed by atoms with E-state index in [-0.39, 0.29) is 0 Å². The summed E-state index contributed by atoms with van der Waals surface area (Å²) >= 11 is 0. The summed E-state index contributed by atoms with van der Waals surface area (Å²) in [5.74, 6) is 0. The molecule has 0 aliphatic carbocycles. The van der Waals surface area contributed by atoms with Crippen LogP contribution in [0.3, 0.4) is 0 Å². The van der Waals surface area contributed by atoms with Crippen LogP contribution in [0.2, 0.25) is 0 Å². The van der Waals surface area contributed by atoms with E-state index in [0.29, 0.717) is 7.18 Å². The summed E-state index contributed by atoms with van der Waals surface area (Å²) in [5.41, 5.74) is 2.38. The van der Waals surface area contributed by atoms with E-state index in [1.54, 1.807) is 0 Å². The van der Waals surface area contributed by atoms with Crippen LogP contribution in [0.25, 0.3) is 10.8 Å². The van der Waals surface area contributed by atoms with Gasteiger partial charge in [0.05, 0.1) is 7.18 Å². The van der Waals surface area contributed by atoms with E-state index in [9.17, 15) is 4.39 Å². The molecule has 0 spiro atoms. The van der Waals surface area contributed by atoms with Crippen molar-refractivity contribution in [2.24, 2.45) is 0 Å². The molecule has 0 bridgehead atoms. The topological polar surface area (TPSA) is 12.9 Å². The van der Waals surface area contributed by atoms with Gasteiger partial charge in [0.2, 0.25) is 0 Å². The molecule has 2 aromatic rings. The first-order chi connectivity index (χ1) is 6.75. The van der Waals surface area contributed by atoms with Crippen LogP contribution in [0, 0.1) is 13.8 Å². The molecule has 0 atom stereocenters. The predicted octanol–water partition coefficient (Wildman–Crippen LogP) is 3.44. The van der Waals surface area contributed by atoms with E-state index in [4.69, 9.17) is 0 Å². The molecule has 14 heavy (non-hydrogen) atoms. The van der Waals surface area contributed by atoms with Crippen molar-refractivity contribution in [3.8, 4) is 0 Å². The van der Waals surface area contributed by atoms with Gasteiger partial charge in [-0.05, 0) is 25.3 Å². The van der Waals surface area contributed by atoms with E-state index in [2.05, 4.69) is 36.2 Å². The second-order valence-electron chi connectivity index (χ2n) is 3.18. The number of aromatic nitrogens is 1. The van der Waals surface area contributed by atoms with Crippen molar-refractivity contribution in [1.29, 1.82) is 0 Å². The Morgan fingerprint density at radius 3 is 2.43 bits per heavy atom. The molecule has 0 aliphatic rings. The predicted molar refractivity (Wildman–Crippen MR) is 58.2 cm³/mol. The van der Waals surface area contributed by atoms with Crippen LogP contribution in [0.15, 0.2) is 30.5 Å². The number of fused-ring (bicyclic) bond motifs is 1. The SMILES string of the molecule is CF.Cc1ccc2cnc(C)cc2c1. The molecule has 0 saturated carbocycles. The van der Waals surface area contributed by atoms with E-state index >= 15 is 0 Å². The van der Waals surface area contributed by atoms with Crippen molar-refractivity contribution >= 4 is 10.8 Å². The molecule has 0 aliphatic heterocycles. The molecule has 0 fully saturated rings. The summed E-state index contributed by atoms with van der Waals surface area (Å²) in [5, 5.41) is 2.49. The lowest BCUT2D eigenvalue weighted by Gasteiger charge is -1.99. The fourth-order valence-electron chi connectivity index (χ4n) is 1.37. The second-order valence-corrected chi connectivity index (χ2v) is 3.18. The molecule has 0 N–H and O–H groups in total. The van der Waals surface area contributed by atoms with Gasteiger partial charge >= 0.3 is 0 Å². The molecule has 1 aromatic heterocycles. The third-order valence-corrected chi connectivity index (χ3v) is 2.01. The molecular weight excluding hydrogens is 177 g/mol. The number of nitrogens with zero attached hydrogens (tertiary/aromatic N) is 1. The minimum absolute atomic E-state index is 0.500. The highest BCUT2D eigenvalue weighted by Crippen LogP contribution is 2.15. The van der Waals surface area contributed by atoms with Crippen molar-refractivity contribution in [3.63, 3.8) is 0 Å². The number of benzene rings is 1.